The van der Waals surface area contributed by atoms with Crippen LogP contribution in [-0.4, -0.2) is 49.6 Å². The van der Waals surface area contributed by atoms with Gasteiger partial charge in [-0.2, -0.15) is 0 Å². The molecule has 0 radical (unpaired) electrons. The van der Waals surface area contributed by atoms with E-state index in [0.29, 0.717) is 18.6 Å². The van der Waals surface area contributed by atoms with Crippen molar-refractivity contribution in [2.45, 2.75) is 69.9 Å². The van der Waals surface area contributed by atoms with E-state index in [1.54, 1.807) is 18.2 Å². The maximum atomic E-state index is 11.5. The molecule has 0 spiro atoms. The van der Waals surface area contributed by atoms with Crippen LogP contribution in [0, 0.1) is 0 Å². The van der Waals surface area contributed by atoms with Crippen molar-refractivity contribution in [1.82, 2.24) is 15.5 Å². The average Bonchev–Trinajstić information content (AvgIpc) is 3.20. The van der Waals surface area contributed by atoms with Gasteiger partial charge in [-0.1, -0.05) is 11.1 Å². The highest BCUT2D eigenvalue weighted by atomic mass is 16.1. The van der Waals surface area contributed by atoms with Gasteiger partial charge in [-0.3, -0.25) is 9.69 Å². The number of rotatable bonds is 4. The van der Waals surface area contributed by atoms with Crippen molar-refractivity contribution < 1.29 is 4.79 Å². The molecule has 1 aliphatic heterocycles. The van der Waals surface area contributed by atoms with Crippen LogP contribution >= 0.6 is 0 Å². The summed E-state index contributed by atoms with van der Waals surface area (Å²) in [6.45, 7) is 2.65. The summed E-state index contributed by atoms with van der Waals surface area (Å²) >= 11 is 0. The molecule has 1 atom stereocenters. The van der Waals surface area contributed by atoms with Gasteiger partial charge >= 0.3 is 0 Å². The topological polar surface area (TPSA) is 44.4 Å². The van der Waals surface area contributed by atoms with Crippen molar-refractivity contribution in [3.8, 4) is 0 Å². The maximum Gasteiger partial charge on any atom is 0.233 e. The van der Waals surface area contributed by atoms with Gasteiger partial charge in [0, 0.05) is 32.2 Å². The fourth-order valence-corrected chi connectivity index (χ4v) is 4.40. The Morgan fingerprint density at radius 1 is 1.09 bits per heavy atom. The van der Waals surface area contributed by atoms with Gasteiger partial charge in [-0.25, -0.2) is 0 Å². The molecule has 0 aromatic carbocycles. The smallest absolute Gasteiger partial charge is 0.233 e. The molecule has 4 nitrogen and oxygen atoms in total. The van der Waals surface area contributed by atoms with Crippen LogP contribution in [-0.2, 0) is 4.79 Å². The molecule has 1 saturated heterocycles. The van der Waals surface area contributed by atoms with Crippen LogP contribution < -0.4 is 10.6 Å². The highest BCUT2D eigenvalue weighted by Gasteiger charge is 2.28. The summed E-state index contributed by atoms with van der Waals surface area (Å²) in [6, 6.07) is 1.30. The van der Waals surface area contributed by atoms with Crippen LogP contribution in [0.5, 0.6) is 0 Å². The van der Waals surface area contributed by atoms with Crippen molar-refractivity contribution >= 4 is 5.91 Å². The Morgan fingerprint density at radius 2 is 1.82 bits per heavy atom. The van der Waals surface area contributed by atoms with E-state index in [-0.39, 0.29) is 5.91 Å². The van der Waals surface area contributed by atoms with E-state index in [1.165, 1.54) is 57.8 Å². The Bertz CT molecular complexity index is 416. The number of carbonyl (C=O) groups excluding carboxylic acids is 1. The highest BCUT2D eigenvalue weighted by Crippen LogP contribution is 2.36. The second kappa shape index (κ2) is 7.60. The summed E-state index contributed by atoms with van der Waals surface area (Å²) in [4.78, 5) is 13.7. The van der Waals surface area contributed by atoms with E-state index in [4.69, 9.17) is 0 Å². The number of carbonyl (C=O) groups is 1. The minimum atomic E-state index is 0.135. The first kappa shape index (κ1) is 16.0. The van der Waals surface area contributed by atoms with Crippen molar-refractivity contribution in [3.63, 3.8) is 0 Å². The van der Waals surface area contributed by atoms with Gasteiger partial charge in [-0.15, -0.1) is 0 Å². The lowest BCUT2D eigenvalue weighted by atomic mass is 9.98. The molecule has 2 N–H and O–H groups in total. The van der Waals surface area contributed by atoms with Gasteiger partial charge in [0.05, 0.1) is 6.54 Å². The molecule has 22 heavy (non-hydrogen) atoms. The lowest BCUT2D eigenvalue weighted by Gasteiger charge is -2.34. The van der Waals surface area contributed by atoms with Crippen LogP contribution in [0.4, 0.5) is 0 Å². The first-order chi connectivity index (χ1) is 10.8. The molecule has 1 unspecified atom stereocenters. The number of likely N-dealkylation sites (tertiary alicyclic amines) is 1. The highest BCUT2D eigenvalue weighted by molar-refractivity contribution is 5.77. The second-order valence-corrected chi connectivity index (χ2v) is 7.17. The number of nitrogens with one attached hydrogen (secondary N) is 2. The van der Waals surface area contributed by atoms with Gasteiger partial charge in [0.2, 0.25) is 5.91 Å². The van der Waals surface area contributed by atoms with Crippen LogP contribution in [0.3, 0.4) is 0 Å². The third kappa shape index (κ3) is 3.90. The molecule has 2 saturated carbocycles. The molecular weight excluding hydrogens is 274 g/mol. The number of hydrogen-bond donors (Lipinski definition) is 2. The summed E-state index contributed by atoms with van der Waals surface area (Å²) in [5.41, 5.74) is 3.55. The number of hydrogen-bond acceptors (Lipinski definition) is 3. The zero-order valence-electron chi connectivity index (χ0n) is 14.0. The Balaban J connectivity index is 1.48. The lowest BCUT2D eigenvalue weighted by Crippen LogP contribution is -2.48. The normalized spacial score (nSPS) is 27.6. The number of amides is 1. The third-order valence-electron chi connectivity index (χ3n) is 5.69. The summed E-state index contributed by atoms with van der Waals surface area (Å²) < 4.78 is 0. The van der Waals surface area contributed by atoms with Crippen LogP contribution in [0.2, 0.25) is 0 Å². The summed E-state index contributed by atoms with van der Waals surface area (Å²) in [7, 11) is 1.72. The monoisotopic (exact) mass is 305 g/mol. The van der Waals surface area contributed by atoms with Gasteiger partial charge in [0.1, 0.15) is 0 Å². The molecule has 0 aromatic rings. The average molecular weight is 305 g/mol. The van der Waals surface area contributed by atoms with Crippen molar-refractivity contribution in [2.24, 2.45) is 0 Å². The molecule has 124 valence electrons. The fraction of sp³-hybridized carbons (Fsp3) is 0.833. The predicted octanol–water partition coefficient (Wildman–Crippen LogP) is 2.21. The van der Waals surface area contributed by atoms with Crippen molar-refractivity contribution in [3.05, 3.63) is 11.1 Å². The molecule has 1 amide bonds. The number of nitrogens with zero attached hydrogens (tertiary/aromatic N) is 1. The third-order valence-corrected chi connectivity index (χ3v) is 5.69. The summed E-state index contributed by atoms with van der Waals surface area (Å²) in [5, 5.41) is 6.66. The minimum absolute atomic E-state index is 0.135. The SMILES string of the molecule is CNC(=O)CN1CCC(NC2CCCC2=C2CCCC2)CC1. The molecular formula is C18H31N3O. The fourth-order valence-electron chi connectivity index (χ4n) is 4.40. The zero-order valence-corrected chi connectivity index (χ0v) is 14.0. The Labute approximate surface area is 134 Å². The molecule has 0 bridgehead atoms. The molecule has 0 aromatic heterocycles. The first-order valence-electron chi connectivity index (χ1n) is 9.16. The molecule has 3 aliphatic rings. The van der Waals surface area contributed by atoms with E-state index in [9.17, 15) is 4.79 Å². The van der Waals surface area contributed by atoms with Crippen molar-refractivity contribution in [2.75, 3.05) is 26.7 Å². The lowest BCUT2D eigenvalue weighted by molar-refractivity contribution is -0.122. The molecule has 2 aliphatic carbocycles. The maximum absolute atomic E-state index is 11.5. The first-order valence-corrected chi connectivity index (χ1v) is 9.16. The second-order valence-electron chi connectivity index (χ2n) is 7.17. The molecule has 4 heteroatoms. The van der Waals surface area contributed by atoms with Crippen molar-refractivity contribution in [1.29, 1.82) is 0 Å². The van der Waals surface area contributed by atoms with E-state index in [1.807, 2.05) is 0 Å². The molecule has 3 rings (SSSR count). The van der Waals surface area contributed by atoms with E-state index < -0.39 is 0 Å². The number of likely N-dealkylation sites (N-methyl/N-ethyl adjacent to an activating group) is 1. The molecule has 3 fully saturated rings. The minimum Gasteiger partial charge on any atom is -0.358 e. The number of piperidine rings is 1. The van der Waals surface area contributed by atoms with E-state index in [2.05, 4.69) is 15.5 Å². The van der Waals surface area contributed by atoms with Crippen LogP contribution in [0.15, 0.2) is 11.1 Å². The van der Waals surface area contributed by atoms with Crippen LogP contribution in [0.25, 0.3) is 0 Å². The Morgan fingerprint density at radius 3 is 2.50 bits per heavy atom. The predicted molar refractivity (Wildman–Crippen MR) is 89.8 cm³/mol. The Kier molecular flexibility index (Phi) is 5.53. The standard InChI is InChI=1S/C18H31N3O/c1-19-18(22)13-21-11-9-15(10-12-21)20-17-8-4-7-16(17)14-5-2-3-6-14/h15,17,20H,2-13H2,1H3,(H,19,22). The van der Waals surface area contributed by atoms with E-state index in [0.717, 1.165) is 13.1 Å². The van der Waals surface area contributed by atoms with Gasteiger partial charge in [0.15, 0.2) is 0 Å². The largest absolute Gasteiger partial charge is 0.358 e. The summed E-state index contributed by atoms with van der Waals surface area (Å²) in [5.74, 6) is 0.135. The van der Waals surface area contributed by atoms with Gasteiger partial charge < -0.3 is 10.6 Å². The number of allylic oxidation sites excluding steroid dienone is 1. The van der Waals surface area contributed by atoms with Crippen LogP contribution in [0.1, 0.15) is 57.8 Å². The zero-order chi connectivity index (χ0) is 15.4. The van der Waals surface area contributed by atoms with E-state index >= 15 is 0 Å². The Hall–Kier alpha value is -0.870. The quantitative estimate of drug-likeness (QED) is 0.783. The molecule has 1 heterocycles. The summed E-state index contributed by atoms with van der Waals surface area (Å²) in [6.07, 6.45) is 11.9. The van der Waals surface area contributed by atoms with Gasteiger partial charge in [-0.05, 0) is 57.8 Å². The van der Waals surface area contributed by atoms with Gasteiger partial charge in [0.25, 0.3) is 0 Å².